The first-order chi connectivity index (χ1) is 9.06. The second-order valence-corrected chi connectivity index (χ2v) is 4.79. The van der Waals surface area contributed by atoms with Crippen LogP contribution in [0.4, 0.5) is 8.78 Å². The first kappa shape index (κ1) is 13.7. The molecule has 0 atom stereocenters. The minimum Gasteiger partial charge on any atom is -0.348 e. The largest absolute Gasteiger partial charge is 0.348 e. The van der Waals surface area contributed by atoms with E-state index < -0.39 is 0 Å². The van der Waals surface area contributed by atoms with Crippen molar-refractivity contribution >= 4 is 21.8 Å². The van der Waals surface area contributed by atoms with E-state index in [-0.39, 0.29) is 24.1 Å². The lowest BCUT2D eigenvalue weighted by Crippen LogP contribution is -2.22. The minimum absolute atomic E-state index is 0.273. The number of carbonyl (C=O) groups is 1. The van der Waals surface area contributed by atoms with E-state index in [0.29, 0.717) is 10.0 Å². The summed E-state index contributed by atoms with van der Waals surface area (Å²) in [5.41, 5.74) is 1.14. The molecule has 1 N–H and O–H groups in total. The van der Waals surface area contributed by atoms with Gasteiger partial charge >= 0.3 is 0 Å². The Bertz CT molecular complexity index is 599. The summed E-state index contributed by atoms with van der Waals surface area (Å²) in [7, 11) is 0. The van der Waals surface area contributed by atoms with Gasteiger partial charge in [-0.2, -0.15) is 0 Å². The molecule has 0 radical (unpaired) electrons. The van der Waals surface area contributed by atoms with Gasteiger partial charge in [-0.25, -0.2) is 8.78 Å². The van der Waals surface area contributed by atoms with Crippen molar-refractivity contribution in [2.75, 3.05) is 0 Å². The van der Waals surface area contributed by atoms with Crippen LogP contribution in [0.25, 0.3) is 0 Å². The van der Waals surface area contributed by atoms with Gasteiger partial charge in [-0.3, -0.25) is 4.79 Å². The molecule has 2 nitrogen and oxygen atoms in total. The van der Waals surface area contributed by atoms with Crippen LogP contribution in [0.2, 0.25) is 0 Å². The van der Waals surface area contributed by atoms with Crippen molar-refractivity contribution in [2.24, 2.45) is 0 Å². The van der Waals surface area contributed by atoms with Gasteiger partial charge in [0.2, 0.25) is 0 Å². The number of rotatable bonds is 3. The van der Waals surface area contributed by atoms with E-state index >= 15 is 0 Å². The van der Waals surface area contributed by atoms with Gasteiger partial charge in [-0.05, 0) is 57.9 Å². The molecule has 19 heavy (non-hydrogen) atoms. The van der Waals surface area contributed by atoms with Crippen LogP contribution in [-0.4, -0.2) is 5.91 Å². The second kappa shape index (κ2) is 5.93. The lowest BCUT2D eigenvalue weighted by atomic mass is 10.2. The first-order valence-electron chi connectivity index (χ1n) is 5.54. The van der Waals surface area contributed by atoms with Crippen molar-refractivity contribution < 1.29 is 13.6 Å². The van der Waals surface area contributed by atoms with Crippen LogP contribution < -0.4 is 5.32 Å². The van der Waals surface area contributed by atoms with Crippen molar-refractivity contribution in [3.63, 3.8) is 0 Å². The summed E-state index contributed by atoms with van der Waals surface area (Å²) in [5.74, 6) is -1.05. The number of halogens is 3. The summed E-state index contributed by atoms with van der Waals surface area (Å²) in [6, 6.07) is 9.78. The number of hydrogen-bond donors (Lipinski definition) is 1. The Morgan fingerprint density at radius 1 is 1.11 bits per heavy atom. The van der Waals surface area contributed by atoms with Crippen molar-refractivity contribution in [1.29, 1.82) is 0 Å². The molecule has 0 aliphatic rings. The monoisotopic (exact) mass is 325 g/mol. The molecular formula is C14H10BrF2NO. The Balaban J connectivity index is 2.00. The highest BCUT2D eigenvalue weighted by molar-refractivity contribution is 9.10. The van der Waals surface area contributed by atoms with Gasteiger partial charge in [0.1, 0.15) is 11.6 Å². The molecule has 0 aromatic heterocycles. The van der Waals surface area contributed by atoms with Crippen molar-refractivity contribution in [3.8, 4) is 0 Å². The fourth-order valence-corrected chi connectivity index (χ4v) is 1.96. The van der Waals surface area contributed by atoms with Crippen LogP contribution in [0.3, 0.4) is 0 Å². The SMILES string of the molecule is O=C(NCc1ccc(F)c(Br)c1)c1ccc(F)cc1. The maximum atomic E-state index is 13.0. The first-order valence-corrected chi connectivity index (χ1v) is 6.33. The number of nitrogens with one attached hydrogen (secondary N) is 1. The molecule has 2 rings (SSSR count). The van der Waals surface area contributed by atoms with Crippen molar-refractivity contribution in [3.05, 3.63) is 69.7 Å². The Morgan fingerprint density at radius 3 is 2.42 bits per heavy atom. The fraction of sp³-hybridized carbons (Fsp3) is 0.0714. The smallest absolute Gasteiger partial charge is 0.251 e. The summed E-state index contributed by atoms with van der Waals surface area (Å²) in [5, 5.41) is 2.68. The molecule has 0 saturated carbocycles. The van der Waals surface area contributed by atoms with Gasteiger partial charge in [0.15, 0.2) is 0 Å². The Hall–Kier alpha value is -1.75. The molecule has 0 bridgehead atoms. The molecular weight excluding hydrogens is 316 g/mol. The van der Waals surface area contributed by atoms with Crippen LogP contribution in [0, 0.1) is 11.6 Å². The highest BCUT2D eigenvalue weighted by Crippen LogP contribution is 2.16. The zero-order valence-electron chi connectivity index (χ0n) is 9.79. The van der Waals surface area contributed by atoms with Crippen molar-refractivity contribution in [1.82, 2.24) is 5.32 Å². The molecule has 1 amide bonds. The van der Waals surface area contributed by atoms with Gasteiger partial charge in [-0.1, -0.05) is 6.07 Å². The number of amides is 1. The third-order valence-corrected chi connectivity index (χ3v) is 3.15. The normalized spacial score (nSPS) is 10.3. The number of benzene rings is 2. The summed E-state index contributed by atoms with van der Waals surface area (Å²) < 4.78 is 26.1. The predicted octanol–water partition coefficient (Wildman–Crippen LogP) is 3.66. The maximum absolute atomic E-state index is 13.0. The molecule has 98 valence electrons. The van der Waals surface area contributed by atoms with Gasteiger partial charge in [-0.15, -0.1) is 0 Å². The van der Waals surface area contributed by atoms with Crippen LogP contribution in [0.1, 0.15) is 15.9 Å². The lowest BCUT2D eigenvalue weighted by molar-refractivity contribution is 0.0951. The van der Waals surface area contributed by atoms with Crippen molar-refractivity contribution in [2.45, 2.75) is 6.54 Å². The van der Waals surface area contributed by atoms with E-state index in [2.05, 4.69) is 21.2 Å². The average molecular weight is 326 g/mol. The lowest BCUT2D eigenvalue weighted by Gasteiger charge is -2.06. The molecule has 0 saturated heterocycles. The standard InChI is InChI=1S/C14H10BrF2NO/c15-12-7-9(1-6-13(12)17)8-18-14(19)10-2-4-11(16)5-3-10/h1-7H,8H2,(H,18,19). The molecule has 0 spiro atoms. The molecule has 0 unspecified atom stereocenters. The van der Waals surface area contributed by atoms with E-state index in [4.69, 9.17) is 0 Å². The Morgan fingerprint density at radius 2 is 1.79 bits per heavy atom. The highest BCUT2D eigenvalue weighted by atomic mass is 79.9. The molecule has 2 aromatic carbocycles. The van der Waals surface area contributed by atoms with E-state index in [1.807, 2.05) is 0 Å². The zero-order chi connectivity index (χ0) is 13.8. The van der Waals surface area contributed by atoms with E-state index in [1.54, 1.807) is 12.1 Å². The zero-order valence-corrected chi connectivity index (χ0v) is 11.4. The Labute approximate surface area is 117 Å². The van der Waals surface area contributed by atoms with Crippen LogP contribution >= 0.6 is 15.9 Å². The summed E-state index contributed by atoms with van der Waals surface area (Å²) in [6.45, 7) is 0.273. The maximum Gasteiger partial charge on any atom is 0.251 e. The topological polar surface area (TPSA) is 29.1 Å². The van der Waals surface area contributed by atoms with E-state index in [9.17, 15) is 13.6 Å². The van der Waals surface area contributed by atoms with E-state index in [0.717, 1.165) is 5.56 Å². The molecule has 5 heteroatoms. The van der Waals surface area contributed by atoms with Crippen LogP contribution in [0.5, 0.6) is 0 Å². The number of hydrogen-bond acceptors (Lipinski definition) is 1. The summed E-state index contributed by atoms with van der Waals surface area (Å²) >= 11 is 3.08. The quantitative estimate of drug-likeness (QED) is 0.916. The average Bonchev–Trinajstić information content (AvgIpc) is 2.40. The fourth-order valence-electron chi connectivity index (χ4n) is 1.54. The molecule has 0 fully saturated rings. The van der Waals surface area contributed by atoms with Gasteiger partial charge in [0.25, 0.3) is 5.91 Å². The molecule has 0 aliphatic carbocycles. The molecule has 0 aliphatic heterocycles. The summed E-state index contributed by atoms with van der Waals surface area (Å²) in [4.78, 5) is 11.8. The molecule has 2 aromatic rings. The predicted molar refractivity (Wildman–Crippen MR) is 71.7 cm³/mol. The third kappa shape index (κ3) is 3.61. The molecule has 0 heterocycles. The highest BCUT2D eigenvalue weighted by Gasteiger charge is 2.06. The second-order valence-electron chi connectivity index (χ2n) is 3.94. The van der Waals surface area contributed by atoms with Crippen LogP contribution in [-0.2, 0) is 6.54 Å². The van der Waals surface area contributed by atoms with Gasteiger partial charge < -0.3 is 5.32 Å². The van der Waals surface area contributed by atoms with Gasteiger partial charge in [0, 0.05) is 12.1 Å². The Kier molecular flexibility index (Phi) is 4.27. The van der Waals surface area contributed by atoms with Crippen LogP contribution in [0.15, 0.2) is 46.9 Å². The third-order valence-electron chi connectivity index (χ3n) is 2.54. The minimum atomic E-state index is -0.390. The van der Waals surface area contributed by atoms with E-state index in [1.165, 1.54) is 30.3 Å². The van der Waals surface area contributed by atoms with Gasteiger partial charge in [0.05, 0.1) is 4.47 Å². The summed E-state index contributed by atoms with van der Waals surface area (Å²) in [6.07, 6.45) is 0. The number of carbonyl (C=O) groups excluding carboxylic acids is 1.